The van der Waals surface area contributed by atoms with Gasteiger partial charge < -0.3 is 5.11 Å². The zero-order valence-corrected chi connectivity index (χ0v) is 13.8. The van der Waals surface area contributed by atoms with Crippen LogP contribution in [-0.2, 0) is 0 Å². The summed E-state index contributed by atoms with van der Waals surface area (Å²) in [6.45, 7) is 6.59. The van der Waals surface area contributed by atoms with E-state index < -0.39 is 0 Å². The molecule has 0 rings (SSSR count). The van der Waals surface area contributed by atoms with E-state index in [4.69, 9.17) is 5.11 Å². The van der Waals surface area contributed by atoms with Crippen molar-refractivity contribution in [3.63, 3.8) is 0 Å². The predicted octanol–water partition coefficient (Wildman–Crippen LogP) is 5.93. The van der Waals surface area contributed by atoms with Crippen LogP contribution in [0.1, 0.15) is 84.0 Å². The molecule has 1 nitrogen and oxygen atoms in total. The largest absolute Gasteiger partial charge is 0.396 e. The van der Waals surface area contributed by atoms with Crippen molar-refractivity contribution in [1.29, 1.82) is 0 Å². The van der Waals surface area contributed by atoms with Gasteiger partial charge in [0.1, 0.15) is 0 Å². The lowest BCUT2D eigenvalue weighted by Crippen LogP contribution is -1.86. The van der Waals surface area contributed by atoms with E-state index in [1.807, 2.05) is 11.8 Å². The van der Waals surface area contributed by atoms with E-state index in [9.17, 15) is 0 Å². The second kappa shape index (κ2) is 16.1. The summed E-state index contributed by atoms with van der Waals surface area (Å²) in [6.07, 6.45) is 15.8. The predicted molar refractivity (Wildman–Crippen MR) is 89.8 cm³/mol. The van der Waals surface area contributed by atoms with E-state index in [2.05, 4.69) is 13.5 Å². The molecule has 0 bridgehead atoms. The van der Waals surface area contributed by atoms with Gasteiger partial charge >= 0.3 is 0 Å². The zero-order chi connectivity index (χ0) is 14.2. The molecule has 0 aromatic heterocycles. The molecule has 0 saturated carbocycles. The molecule has 114 valence electrons. The molecule has 2 heteroatoms. The van der Waals surface area contributed by atoms with Gasteiger partial charge in [0.2, 0.25) is 0 Å². The first-order valence-corrected chi connectivity index (χ1v) is 9.21. The van der Waals surface area contributed by atoms with Gasteiger partial charge in [0.25, 0.3) is 0 Å². The van der Waals surface area contributed by atoms with Gasteiger partial charge in [0, 0.05) is 6.61 Å². The van der Waals surface area contributed by atoms with E-state index in [1.165, 1.54) is 74.9 Å². The summed E-state index contributed by atoms with van der Waals surface area (Å²) in [7, 11) is 0. The highest BCUT2D eigenvalue weighted by Crippen LogP contribution is 2.20. The second-order valence-corrected chi connectivity index (χ2v) is 6.67. The lowest BCUT2D eigenvalue weighted by atomic mass is 10.1. The first-order valence-electron chi connectivity index (χ1n) is 8.22. The van der Waals surface area contributed by atoms with Crippen molar-refractivity contribution >= 4 is 11.8 Å². The molecular formula is C17H34OS. The molecule has 0 aliphatic rings. The fraction of sp³-hybridized carbons (Fsp3) is 0.882. The first kappa shape index (κ1) is 19.1. The topological polar surface area (TPSA) is 20.2 Å². The highest BCUT2D eigenvalue weighted by atomic mass is 32.2. The number of rotatable bonds is 15. The van der Waals surface area contributed by atoms with Gasteiger partial charge in [-0.25, -0.2) is 0 Å². The lowest BCUT2D eigenvalue weighted by molar-refractivity contribution is 0.289. The minimum atomic E-state index is 0.290. The summed E-state index contributed by atoms with van der Waals surface area (Å²) in [4.78, 5) is 1.24. The Labute approximate surface area is 125 Å². The summed E-state index contributed by atoms with van der Waals surface area (Å²) in [5.74, 6) is 1.21. The molecule has 0 saturated heterocycles. The van der Waals surface area contributed by atoms with Crippen LogP contribution in [0.25, 0.3) is 0 Å². The van der Waals surface area contributed by atoms with Crippen LogP contribution < -0.4 is 0 Å². The SMILES string of the molecule is C=C(CCCO)SCCCCCCCCCCCC. The Balaban J connectivity index is 3.04. The molecule has 0 aliphatic heterocycles. The van der Waals surface area contributed by atoms with Gasteiger partial charge in [-0.2, -0.15) is 0 Å². The average Bonchev–Trinajstić information content (AvgIpc) is 2.42. The van der Waals surface area contributed by atoms with Crippen molar-refractivity contribution in [2.75, 3.05) is 12.4 Å². The van der Waals surface area contributed by atoms with Crippen molar-refractivity contribution < 1.29 is 5.11 Å². The van der Waals surface area contributed by atoms with Crippen LogP contribution in [0.5, 0.6) is 0 Å². The molecule has 1 N–H and O–H groups in total. The molecule has 0 fully saturated rings. The van der Waals surface area contributed by atoms with Gasteiger partial charge in [0.05, 0.1) is 0 Å². The van der Waals surface area contributed by atoms with E-state index >= 15 is 0 Å². The molecule has 0 aliphatic carbocycles. The summed E-state index contributed by atoms with van der Waals surface area (Å²) in [6, 6.07) is 0. The van der Waals surface area contributed by atoms with Gasteiger partial charge in [-0.05, 0) is 29.9 Å². The maximum absolute atomic E-state index is 8.72. The van der Waals surface area contributed by atoms with Crippen molar-refractivity contribution in [2.24, 2.45) is 0 Å². The highest BCUT2D eigenvalue weighted by molar-refractivity contribution is 8.03. The third-order valence-corrected chi connectivity index (χ3v) is 4.52. The van der Waals surface area contributed by atoms with Crippen LogP contribution in [0.3, 0.4) is 0 Å². The summed E-state index contributed by atoms with van der Waals surface area (Å²) in [5.41, 5.74) is 0. The molecule has 0 aromatic carbocycles. The number of hydrogen-bond donors (Lipinski definition) is 1. The maximum Gasteiger partial charge on any atom is 0.0434 e. The number of unbranched alkanes of at least 4 members (excludes halogenated alkanes) is 9. The molecular weight excluding hydrogens is 252 g/mol. The van der Waals surface area contributed by atoms with Crippen LogP contribution >= 0.6 is 11.8 Å². The Kier molecular flexibility index (Phi) is 16.1. The van der Waals surface area contributed by atoms with Crippen molar-refractivity contribution in [3.05, 3.63) is 11.5 Å². The number of hydrogen-bond acceptors (Lipinski definition) is 2. The quantitative estimate of drug-likeness (QED) is 0.377. The van der Waals surface area contributed by atoms with Crippen LogP contribution in [0, 0.1) is 0 Å². The Morgan fingerprint density at radius 1 is 0.842 bits per heavy atom. The summed E-state index contributed by atoms with van der Waals surface area (Å²) in [5, 5.41) is 8.72. The Morgan fingerprint density at radius 2 is 1.37 bits per heavy atom. The van der Waals surface area contributed by atoms with Crippen LogP contribution in [0.4, 0.5) is 0 Å². The first-order chi connectivity index (χ1) is 9.31. The number of allylic oxidation sites excluding steroid dienone is 1. The number of aliphatic hydroxyl groups is 1. The molecule has 0 unspecified atom stereocenters. The van der Waals surface area contributed by atoms with Crippen molar-refractivity contribution in [3.8, 4) is 0 Å². The van der Waals surface area contributed by atoms with Crippen LogP contribution in [0.2, 0.25) is 0 Å². The standard InChI is InChI=1S/C17H34OS/c1-3-4-5-6-7-8-9-10-11-12-16-19-17(2)14-13-15-18/h18H,2-16H2,1H3. The normalized spacial score (nSPS) is 10.8. The molecule has 0 atom stereocenters. The average molecular weight is 287 g/mol. The third kappa shape index (κ3) is 16.0. The van der Waals surface area contributed by atoms with Gasteiger partial charge in [-0.1, -0.05) is 71.3 Å². The number of thioether (sulfide) groups is 1. The smallest absolute Gasteiger partial charge is 0.0434 e. The van der Waals surface area contributed by atoms with Gasteiger partial charge in [-0.3, -0.25) is 0 Å². The van der Waals surface area contributed by atoms with Crippen molar-refractivity contribution in [1.82, 2.24) is 0 Å². The minimum absolute atomic E-state index is 0.290. The zero-order valence-electron chi connectivity index (χ0n) is 13.0. The fourth-order valence-electron chi connectivity index (χ4n) is 2.15. The van der Waals surface area contributed by atoms with E-state index in [-0.39, 0.29) is 6.61 Å². The van der Waals surface area contributed by atoms with Crippen LogP contribution in [-0.4, -0.2) is 17.5 Å². The minimum Gasteiger partial charge on any atom is -0.396 e. The van der Waals surface area contributed by atoms with E-state index in [0.717, 1.165) is 12.8 Å². The molecule has 19 heavy (non-hydrogen) atoms. The highest BCUT2D eigenvalue weighted by Gasteiger charge is 1.96. The molecule has 0 aromatic rings. The molecule has 0 spiro atoms. The van der Waals surface area contributed by atoms with Crippen LogP contribution in [0.15, 0.2) is 11.5 Å². The van der Waals surface area contributed by atoms with E-state index in [0.29, 0.717) is 0 Å². The lowest BCUT2D eigenvalue weighted by Gasteiger charge is -2.04. The monoisotopic (exact) mass is 286 g/mol. The third-order valence-electron chi connectivity index (χ3n) is 3.42. The summed E-state index contributed by atoms with van der Waals surface area (Å²) >= 11 is 1.89. The Morgan fingerprint density at radius 3 is 1.89 bits per heavy atom. The molecule has 0 radical (unpaired) electrons. The Hall–Kier alpha value is 0.0500. The number of aliphatic hydroxyl groups excluding tert-OH is 1. The van der Waals surface area contributed by atoms with Gasteiger partial charge in [0.15, 0.2) is 0 Å². The molecule has 0 heterocycles. The fourth-order valence-corrected chi connectivity index (χ4v) is 3.08. The Bertz CT molecular complexity index is 192. The van der Waals surface area contributed by atoms with E-state index in [1.54, 1.807) is 0 Å². The van der Waals surface area contributed by atoms with Gasteiger partial charge in [-0.15, -0.1) is 11.8 Å². The van der Waals surface area contributed by atoms with Crippen molar-refractivity contribution in [2.45, 2.75) is 84.0 Å². The summed E-state index contributed by atoms with van der Waals surface area (Å²) < 4.78 is 0. The maximum atomic E-state index is 8.72. The second-order valence-electron chi connectivity index (χ2n) is 5.40. The molecule has 0 amide bonds.